The maximum Gasteiger partial charge on any atom is 0.0346 e. The van der Waals surface area contributed by atoms with Gasteiger partial charge in [-0.05, 0) is 49.3 Å². The van der Waals surface area contributed by atoms with Crippen molar-refractivity contribution in [2.24, 2.45) is 5.92 Å². The molecule has 1 aliphatic carbocycles. The van der Waals surface area contributed by atoms with Crippen molar-refractivity contribution in [3.63, 3.8) is 0 Å². The molecule has 0 amide bonds. The summed E-state index contributed by atoms with van der Waals surface area (Å²) in [6, 6.07) is 9.95. The zero-order chi connectivity index (χ0) is 15.1. The Labute approximate surface area is 131 Å². The minimum atomic E-state index is 0.536. The van der Waals surface area contributed by atoms with Gasteiger partial charge in [-0.3, -0.25) is 0 Å². The SMILES string of the molecule is CCC(C)c1ccc(C(NC)C2CCCCCCC2)cc1. The van der Waals surface area contributed by atoms with Crippen molar-refractivity contribution in [2.75, 3.05) is 7.05 Å². The van der Waals surface area contributed by atoms with E-state index in [0.29, 0.717) is 12.0 Å². The molecular formula is C20H33N. The van der Waals surface area contributed by atoms with Crippen molar-refractivity contribution in [3.8, 4) is 0 Å². The zero-order valence-corrected chi connectivity index (χ0v) is 14.2. The smallest absolute Gasteiger partial charge is 0.0346 e. The molecule has 1 aliphatic rings. The second-order valence-corrected chi connectivity index (χ2v) is 6.85. The van der Waals surface area contributed by atoms with Crippen LogP contribution in [0.15, 0.2) is 24.3 Å². The largest absolute Gasteiger partial charge is 0.313 e. The molecule has 1 N–H and O–H groups in total. The molecule has 0 spiro atoms. The lowest BCUT2D eigenvalue weighted by atomic mass is 9.82. The third-order valence-corrected chi connectivity index (χ3v) is 5.41. The maximum atomic E-state index is 3.60. The lowest BCUT2D eigenvalue weighted by Crippen LogP contribution is -2.26. The van der Waals surface area contributed by atoms with Gasteiger partial charge < -0.3 is 5.32 Å². The summed E-state index contributed by atoms with van der Waals surface area (Å²) >= 11 is 0. The maximum absolute atomic E-state index is 3.60. The Morgan fingerprint density at radius 1 is 0.952 bits per heavy atom. The topological polar surface area (TPSA) is 12.0 Å². The molecule has 0 radical (unpaired) electrons. The van der Waals surface area contributed by atoms with E-state index in [-0.39, 0.29) is 0 Å². The fraction of sp³-hybridized carbons (Fsp3) is 0.700. The van der Waals surface area contributed by atoms with Gasteiger partial charge in [0.25, 0.3) is 0 Å². The zero-order valence-electron chi connectivity index (χ0n) is 14.2. The lowest BCUT2D eigenvalue weighted by molar-refractivity contribution is 0.299. The van der Waals surface area contributed by atoms with Crippen LogP contribution in [0.25, 0.3) is 0 Å². The normalized spacial score (nSPS) is 20.5. The number of nitrogens with one attached hydrogen (secondary N) is 1. The summed E-state index contributed by atoms with van der Waals surface area (Å²) in [7, 11) is 2.13. The van der Waals surface area contributed by atoms with Crippen LogP contribution in [0.2, 0.25) is 0 Å². The van der Waals surface area contributed by atoms with E-state index in [1.165, 1.54) is 62.5 Å². The van der Waals surface area contributed by atoms with Crippen molar-refractivity contribution in [1.82, 2.24) is 5.32 Å². The van der Waals surface area contributed by atoms with Crippen LogP contribution in [-0.2, 0) is 0 Å². The van der Waals surface area contributed by atoms with Crippen LogP contribution in [0.5, 0.6) is 0 Å². The molecule has 21 heavy (non-hydrogen) atoms. The standard InChI is InChI=1S/C20H33N/c1-4-16(2)17-12-14-19(15-13-17)20(21-3)18-10-8-6-5-7-9-11-18/h12-16,18,20-21H,4-11H2,1-3H3. The average Bonchev–Trinajstić information content (AvgIpc) is 2.49. The molecule has 0 saturated heterocycles. The summed E-state index contributed by atoms with van der Waals surface area (Å²) in [5.41, 5.74) is 2.96. The molecule has 0 aliphatic heterocycles. The van der Waals surface area contributed by atoms with Crippen LogP contribution in [0.1, 0.15) is 88.3 Å². The highest BCUT2D eigenvalue weighted by atomic mass is 14.9. The summed E-state index contributed by atoms with van der Waals surface area (Å²) < 4.78 is 0. The van der Waals surface area contributed by atoms with Crippen molar-refractivity contribution < 1.29 is 0 Å². The Morgan fingerprint density at radius 3 is 2.00 bits per heavy atom. The lowest BCUT2D eigenvalue weighted by Gasteiger charge is -2.29. The fourth-order valence-corrected chi connectivity index (χ4v) is 3.76. The van der Waals surface area contributed by atoms with E-state index >= 15 is 0 Å². The quantitative estimate of drug-likeness (QED) is 0.719. The summed E-state index contributed by atoms with van der Waals surface area (Å²) in [6.07, 6.45) is 11.1. The molecule has 0 bridgehead atoms. The van der Waals surface area contributed by atoms with E-state index in [1.807, 2.05) is 0 Å². The minimum Gasteiger partial charge on any atom is -0.313 e. The minimum absolute atomic E-state index is 0.536. The van der Waals surface area contributed by atoms with Gasteiger partial charge in [-0.15, -0.1) is 0 Å². The predicted octanol–water partition coefficient (Wildman–Crippen LogP) is 5.82. The molecule has 1 aromatic carbocycles. The Kier molecular flexibility index (Phi) is 6.76. The molecule has 1 nitrogen and oxygen atoms in total. The third-order valence-electron chi connectivity index (χ3n) is 5.41. The molecule has 0 aromatic heterocycles. The summed E-state index contributed by atoms with van der Waals surface area (Å²) in [5.74, 6) is 1.48. The van der Waals surface area contributed by atoms with E-state index in [9.17, 15) is 0 Å². The summed E-state index contributed by atoms with van der Waals surface area (Å²) in [6.45, 7) is 4.59. The summed E-state index contributed by atoms with van der Waals surface area (Å²) in [5, 5.41) is 3.60. The predicted molar refractivity (Wildman–Crippen MR) is 92.8 cm³/mol. The van der Waals surface area contributed by atoms with Gasteiger partial charge in [0.15, 0.2) is 0 Å². The summed E-state index contributed by atoms with van der Waals surface area (Å²) in [4.78, 5) is 0. The van der Waals surface area contributed by atoms with Crippen LogP contribution in [-0.4, -0.2) is 7.05 Å². The average molecular weight is 287 g/mol. The molecule has 1 saturated carbocycles. The van der Waals surface area contributed by atoms with Crippen molar-refractivity contribution in [3.05, 3.63) is 35.4 Å². The van der Waals surface area contributed by atoms with Gasteiger partial charge in [0.05, 0.1) is 0 Å². The second kappa shape index (κ2) is 8.58. The molecule has 1 heteroatoms. The van der Waals surface area contributed by atoms with E-state index in [1.54, 1.807) is 0 Å². The van der Waals surface area contributed by atoms with Gasteiger partial charge >= 0.3 is 0 Å². The van der Waals surface area contributed by atoms with E-state index in [0.717, 1.165) is 5.92 Å². The molecule has 0 heterocycles. The highest BCUT2D eigenvalue weighted by molar-refractivity contribution is 5.27. The van der Waals surface area contributed by atoms with Gasteiger partial charge in [0.2, 0.25) is 0 Å². The van der Waals surface area contributed by atoms with Crippen LogP contribution in [0.4, 0.5) is 0 Å². The number of rotatable bonds is 5. The van der Waals surface area contributed by atoms with E-state index < -0.39 is 0 Å². The van der Waals surface area contributed by atoms with Crippen LogP contribution < -0.4 is 5.32 Å². The Balaban J connectivity index is 2.08. The van der Waals surface area contributed by atoms with Gasteiger partial charge in [-0.2, -0.15) is 0 Å². The van der Waals surface area contributed by atoms with Crippen molar-refractivity contribution in [2.45, 2.75) is 77.2 Å². The molecular weight excluding hydrogens is 254 g/mol. The van der Waals surface area contributed by atoms with Crippen LogP contribution in [0.3, 0.4) is 0 Å². The third kappa shape index (κ3) is 4.57. The van der Waals surface area contributed by atoms with Gasteiger partial charge in [0, 0.05) is 6.04 Å². The first-order chi connectivity index (χ1) is 10.3. The van der Waals surface area contributed by atoms with Gasteiger partial charge in [-0.1, -0.05) is 70.2 Å². The molecule has 118 valence electrons. The molecule has 2 atom stereocenters. The Morgan fingerprint density at radius 2 is 1.48 bits per heavy atom. The first kappa shape index (κ1) is 16.5. The van der Waals surface area contributed by atoms with E-state index in [2.05, 4.69) is 50.5 Å². The Bertz CT molecular complexity index is 387. The molecule has 2 rings (SSSR count). The monoisotopic (exact) mass is 287 g/mol. The molecule has 2 unspecified atom stereocenters. The Hall–Kier alpha value is -0.820. The van der Waals surface area contributed by atoms with Gasteiger partial charge in [-0.25, -0.2) is 0 Å². The number of hydrogen-bond acceptors (Lipinski definition) is 1. The molecule has 1 aromatic rings. The van der Waals surface area contributed by atoms with Crippen molar-refractivity contribution >= 4 is 0 Å². The fourth-order valence-electron chi connectivity index (χ4n) is 3.76. The highest BCUT2D eigenvalue weighted by Gasteiger charge is 2.22. The van der Waals surface area contributed by atoms with Crippen LogP contribution >= 0.6 is 0 Å². The highest BCUT2D eigenvalue weighted by Crippen LogP contribution is 2.33. The first-order valence-electron chi connectivity index (χ1n) is 9.03. The second-order valence-electron chi connectivity index (χ2n) is 6.85. The van der Waals surface area contributed by atoms with Crippen LogP contribution in [0, 0.1) is 5.92 Å². The first-order valence-corrected chi connectivity index (χ1v) is 9.03. The van der Waals surface area contributed by atoms with E-state index in [4.69, 9.17) is 0 Å². The number of hydrogen-bond donors (Lipinski definition) is 1. The van der Waals surface area contributed by atoms with Gasteiger partial charge in [0.1, 0.15) is 0 Å². The number of benzene rings is 1. The molecule has 1 fully saturated rings. The van der Waals surface area contributed by atoms with Crippen molar-refractivity contribution in [1.29, 1.82) is 0 Å².